The van der Waals surface area contributed by atoms with Crippen molar-refractivity contribution >= 4 is 101 Å². The van der Waals surface area contributed by atoms with E-state index in [1.54, 1.807) is 12.1 Å². The van der Waals surface area contributed by atoms with Crippen LogP contribution in [-0.4, -0.2) is 15.8 Å². The zero-order valence-corrected chi connectivity index (χ0v) is 54.3. The minimum atomic E-state index is -1.61. The van der Waals surface area contributed by atoms with E-state index in [0.29, 0.717) is 22.5 Å². The van der Waals surface area contributed by atoms with E-state index in [-0.39, 0.29) is 112 Å². The van der Waals surface area contributed by atoms with Gasteiger partial charge in [0.1, 0.15) is 0 Å². The van der Waals surface area contributed by atoms with Gasteiger partial charge in [0.25, 0.3) is 6.71 Å². The molecule has 5 heteroatoms. The molecule has 2 spiro atoms. The van der Waals surface area contributed by atoms with E-state index >= 15 is 0 Å². The van der Waals surface area contributed by atoms with E-state index in [1.165, 1.54) is 9.13 Å². The molecule has 15 aromatic carbocycles. The second-order valence-corrected chi connectivity index (χ2v) is 28.0. The summed E-state index contributed by atoms with van der Waals surface area (Å²) >= 11 is 0. The third-order valence-electron chi connectivity index (χ3n) is 22.3. The maximum absolute atomic E-state index is 11.6. The van der Waals surface area contributed by atoms with Gasteiger partial charge < -0.3 is 18.9 Å². The molecular formula is C96H63BN4. The summed E-state index contributed by atoms with van der Waals surface area (Å²) in [5.41, 5.74) is 10.6. The highest BCUT2D eigenvalue weighted by Gasteiger charge is 2.56. The van der Waals surface area contributed by atoms with Crippen LogP contribution in [0.3, 0.4) is 0 Å². The van der Waals surface area contributed by atoms with Crippen LogP contribution >= 0.6 is 0 Å². The highest BCUT2D eigenvalue weighted by molar-refractivity contribution is 7.00. The second kappa shape index (κ2) is 19.7. The number of aromatic nitrogens is 2. The maximum Gasteiger partial charge on any atom is 0.252 e. The van der Waals surface area contributed by atoms with Crippen molar-refractivity contribution in [1.29, 1.82) is 0 Å². The van der Waals surface area contributed by atoms with Gasteiger partial charge in [0.15, 0.2) is 0 Å². The molecular weight excluding hydrogens is 1220 g/mol. The van der Waals surface area contributed by atoms with E-state index in [2.05, 4.69) is 72.8 Å². The largest absolute Gasteiger partial charge is 0.311 e. The van der Waals surface area contributed by atoms with Crippen molar-refractivity contribution in [2.75, 3.05) is 9.80 Å². The SMILES string of the molecule is [2H]c1c(-n2c3c([2H])c([2H])c([2H])c([2H])c3c3c([2H])c([2H])c([2H])c([2H])c32)cc2c(c1[2H])B1c3c(cc(-n4c5c([2H])c([2H])c([2H])c([2H])c5c5c([2H])c([2H])c([2H])c([2H])c54)c([2H])c3[2H])N(c3cccc4c3-c3ccccc3C43c4ccccc4-c4ccccc43)c3c([2H])c(C(C)(C)C)c([2H])c(c31)N2c1cccc2c1-c1ccccc1C21c2ccccc2-c2ccccc21. The number of hydrogen-bond donors (Lipinski definition) is 0. The van der Waals surface area contributed by atoms with E-state index < -0.39 is 144 Å². The summed E-state index contributed by atoms with van der Waals surface area (Å²) in [6, 6.07) is 50.5. The van der Waals surface area contributed by atoms with Crippen LogP contribution in [0.15, 0.2) is 327 Å². The molecule has 0 bridgehead atoms. The molecule has 0 saturated heterocycles. The van der Waals surface area contributed by atoms with Crippen LogP contribution in [0.2, 0.25) is 0 Å². The zero-order valence-electron chi connectivity index (χ0n) is 76.3. The van der Waals surface area contributed by atoms with Crippen LogP contribution in [-0.2, 0) is 16.2 Å². The summed E-state index contributed by atoms with van der Waals surface area (Å²) in [5.74, 6) is 0. The van der Waals surface area contributed by atoms with E-state index in [0.717, 1.165) is 77.9 Å². The molecule has 23 rings (SSSR count). The Balaban J connectivity index is 0.936. The Labute approximate surface area is 617 Å². The Bertz CT molecular complexity index is 7260. The Morgan fingerprint density at radius 2 is 0.614 bits per heavy atom. The third-order valence-corrected chi connectivity index (χ3v) is 22.3. The Kier molecular flexibility index (Phi) is 7.53. The fraction of sp³-hybridized carbons (Fsp3) is 0.0625. The predicted molar refractivity (Wildman–Crippen MR) is 420 cm³/mol. The Hall–Kier alpha value is -12.4. The van der Waals surface area contributed by atoms with E-state index in [1.807, 2.05) is 140 Å². The monoisotopic (exact) mass is 1300 g/mol. The molecule has 4 nitrogen and oxygen atoms in total. The first-order valence-corrected chi connectivity index (χ1v) is 33.9. The molecule has 0 unspecified atom stereocenters. The lowest BCUT2D eigenvalue weighted by atomic mass is 9.33. The molecule has 0 fully saturated rings. The van der Waals surface area contributed by atoms with Crippen molar-refractivity contribution in [3.63, 3.8) is 0 Å². The number of nitrogens with zero attached hydrogens (tertiary/aromatic N) is 4. The van der Waals surface area contributed by atoms with Gasteiger partial charge in [-0.15, -0.1) is 0 Å². The van der Waals surface area contributed by atoms with E-state index in [4.69, 9.17) is 5.48 Å². The van der Waals surface area contributed by atoms with Crippen molar-refractivity contribution in [2.45, 2.75) is 37.0 Å². The summed E-state index contributed by atoms with van der Waals surface area (Å²) in [4.78, 5) is 3.74. The highest BCUT2D eigenvalue weighted by Crippen LogP contribution is 2.67. The molecule has 4 heterocycles. The number of hydrogen-bond acceptors (Lipinski definition) is 2. The second-order valence-electron chi connectivity index (χ2n) is 28.0. The molecule has 0 atom stereocenters. The first kappa shape index (κ1) is 38.6. The number of para-hydroxylation sites is 4. The van der Waals surface area contributed by atoms with Gasteiger partial charge in [-0.2, -0.15) is 0 Å². The van der Waals surface area contributed by atoms with Crippen LogP contribution in [0.25, 0.3) is 99.5 Å². The van der Waals surface area contributed by atoms with Crippen LogP contribution < -0.4 is 26.2 Å². The first-order valence-electron chi connectivity index (χ1n) is 44.9. The van der Waals surface area contributed by atoms with Gasteiger partial charge in [-0.1, -0.05) is 275 Å². The minimum absolute atomic E-state index is 0.0371. The van der Waals surface area contributed by atoms with Gasteiger partial charge in [0.2, 0.25) is 0 Å². The molecule has 6 aliphatic rings. The predicted octanol–water partition coefficient (Wildman–Crippen LogP) is 21.9. The minimum Gasteiger partial charge on any atom is -0.311 e. The van der Waals surface area contributed by atoms with Crippen LogP contribution in [0, 0.1) is 0 Å². The number of fused-ring (bicyclic) bond motifs is 30. The maximum atomic E-state index is 11.6. The molecule has 0 radical (unpaired) electrons. The van der Waals surface area contributed by atoms with Crippen molar-refractivity contribution in [2.24, 2.45) is 0 Å². The average Bonchev–Trinajstić information content (AvgIpc) is 1.62. The van der Waals surface area contributed by atoms with Crippen LogP contribution in [0.4, 0.5) is 34.1 Å². The fourth-order valence-electron chi connectivity index (χ4n) is 18.6. The molecule has 0 N–H and O–H groups in total. The fourth-order valence-corrected chi connectivity index (χ4v) is 18.6. The number of benzene rings is 15. The lowest BCUT2D eigenvalue weighted by molar-refractivity contribution is 0.590. The van der Waals surface area contributed by atoms with Crippen molar-refractivity contribution in [1.82, 2.24) is 9.13 Å². The van der Waals surface area contributed by atoms with Gasteiger partial charge in [-0.3, -0.25) is 0 Å². The van der Waals surface area contributed by atoms with Gasteiger partial charge in [-0.05, 0) is 178 Å². The highest BCUT2D eigenvalue weighted by atomic mass is 15.2. The molecule has 101 heavy (non-hydrogen) atoms. The van der Waals surface area contributed by atoms with Crippen LogP contribution in [0.5, 0.6) is 0 Å². The smallest absolute Gasteiger partial charge is 0.252 e. The quantitative estimate of drug-likeness (QED) is 0.163. The molecule has 17 aromatic rings. The summed E-state index contributed by atoms with van der Waals surface area (Å²) in [6.07, 6.45) is 0. The topological polar surface area (TPSA) is 16.3 Å². The van der Waals surface area contributed by atoms with Crippen LogP contribution in [0.1, 0.15) is 101 Å². The molecule has 2 aliphatic heterocycles. The molecule has 2 aromatic heterocycles. The Morgan fingerprint density at radius 1 is 0.307 bits per heavy atom. The summed E-state index contributed by atoms with van der Waals surface area (Å²) in [6.45, 7) is 4.09. The zero-order chi connectivity index (χ0) is 85.5. The standard InChI is InChI=1S/C96H63BN4/c1-94(2,3)58-54-89-93-90(55-58)101(86-49-25-43-78-92(86)70-35-9-19-41-76(70)96(78)73-38-16-6-28-63(73)64-29-7-17-39-74(64)96)88-57-60(99-83-46-22-12-32-67(83)68-33-13-23-47-84(68)99)51-53-80(88)97(93)79-52-50-59(98-81-44-20-10-30-65(81)66-31-11-21-45-82(66)98)56-87(79)100(89)85-48-24-42-77-91(85)69-34-8-18-40-75(69)95(77)71-36-14-4-26-61(71)62-27-5-15-37-72(62)95/h4-57H,1-3H3/i10D,11D,12D,13D,20D,21D,22D,23D,30D,31D,32D,33D,44D,45D,46D,47D,50D,51D,52D,53D,54D,55D. The number of rotatable bonds is 4. The lowest BCUT2D eigenvalue weighted by Gasteiger charge is -2.46. The van der Waals surface area contributed by atoms with Crippen molar-refractivity contribution in [3.05, 3.63) is 377 Å². The van der Waals surface area contributed by atoms with Gasteiger partial charge >= 0.3 is 0 Å². The lowest BCUT2D eigenvalue weighted by Crippen LogP contribution is -2.61. The third kappa shape index (κ3) is 6.87. The van der Waals surface area contributed by atoms with Crippen molar-refractivity contribution < 1.29 is 30.2 Å². The molecule has 0 saturated carbocycles. The summed E-state index contributed by atoms with van der Waals surface area (Å²) in [7, 11) is 0. The van der Waals surface area contributed by atoms with Gasteiger partial charge in [-0.25, -0.2) is 0 Å². The Morgan fingerprint density at radius 3 is 0.960 bits per heavy atom. The molecule has 470 valence electrons. The molecule has 4 aliphatic carbocycles. The first-order chi connectivity index (χ1) is 59.0. The van der Waals surface area contributed by atoms with Crippen molar-refractivity contribution in [3.8, 4) is 55.9 Å². The van der Waals surface area contributed by atoms with Gasteiger partial charge in [0.05, 0.1) is 74.4 Å². The normalized spacial score (nSPS) is 17.6. The number of anilines is 6. The summed E-state index contributed by atoms with van der Waals surface area (Å²) in [5, 5.41) is -1.17. The van der Waals surface area contributed by atoms with E-state index in [9.17, 15) is 24.7 Å². The summed E-state index contributed by atoms with van der Waals surface area (Å²) < 4.78 is 222. The van der Waals surface area contributed by atoms with Gasteiger partial charge in [0, 0.05) is 66.8 Å². The average molecular weight is 1310 g/mol. The molecule has 0 amide bonds.